The van der Waals surface area contributed by atoms with E-state index >= 15 is 0 Å². The van der Waals surface area contributed by atoms with Crippen molar-refractivity contribution in [1.29, 1.82) is 0 Å². The molecule has 0 bridgehead atoms. The van der Waals surface area contributed by atoms with Gasteiger partial charge in [0.05, 0.1) is 0 Å². The van der Waals surface area contributed by atoms with Gasteiger partial charge in [-0.2, -0.15) is 0 Å². The van der Waals surface area contributed by atoms with E-state index in [1.807, 2.05) is 0 Å². The third-order valence-electron chi connectivity index (χ3n) is 9.06. The van der Waals surface area contributed by atoms with E-state index in [0.29, 0.717) is 0 Å². The average molecular weight is 588 g/mol. The van der Waals surface area contributed by atoms with Crippen LogP contribution in [0.3, 0.4) is 0 Å². The van der Waals surface area contributed by atoms with Crippen molar-refractivity contribution in [3.63, 3.8) is 0 Å². The molecule has 0 unspecified atom stereocenters. The molecule has 0 aliphatic carbocycles. The van der Waals surface area contributed by atoms with Crippen molar-refractivity contribution in [2.75, 3.05) is 4.90 Å². The van der Waals surface area contributed by atoms with Crippen molar-refractivity contribution >= 4 is 60.5 Å². The van der Waals surface area contributed by atoms with Crippen LogP contribution in [0, 0.1) is 0 Å². The van der Waals surface area contributed by atoms with Gasteiger partial charge in [-0.3, -0.25) is 0 Å². The zero-order chi connectivity index (χ0) is 30.5. The zero-order valence-corrected chi connectivity index (χ0v) is 25.1. The van der Waals surface area contributed by atoms with E-state index in [1.54, 1.807) is 0 Å². The highest BCUT2D eigenvalue weighted by atomic mass is 16.3. The molecule has 0 saturated heterocycles. The lowest BCUT2D eigenvalue weighted by molar-refractivity contribution is 0.669. The molecule has 1 aromatic heterocycles. The highest BCUT2D eigenvalue weighted by molar-refractivity contribution is 6.19. The van der Waals surface area contributed by atoms with Crippen LogP contribution >= 0.6 is 0 Å². The van der Waals surface area contributed by atoms with Gasteiger partial charge in [-0.15, -0.1) is 0 Å². The molecule has 0 N–H and O–H groups in total. The molecule has 216 valence electrons. The predicted molar refractivity (Wildman–Crippen MR) is 194 cm³/mol. The largest absolute Gasteiger partial charge is 0.456 e. The Morgan fingerprint density at radius 3 is 1.67 bits per heavy atom. The smallest absolute Gasteiger partial charge is 0.136 e. The number of hydrogen-bond donors (Lipinski definition) is 0. The third-order valence-corrected chi connectivity index (χ3v) is 9.06. The van der Waals surface area contributed by atoms with Gasteiger partial charge in [-0.1, -0.05) is 121 Å². The molecule has 9 aromatic rings. The van der Waals surface area contributed by atoms with Crippen molar-refractivity contribution in [2.24, 2.45) is 0 Å². The number of nitrogens with zero attached hydrogens (tertiary/aromatic N) is 1. The van der Waals surface area contributed by atoms with E-state index in [2.05, 4.69) is 181 Å². The van der Waals surface area contributed by atoms with Gasteiger partial charge in [0.25, 0.3) is 0 Å². The average Bonchev–Trinajstić information content (AvgIpc) is 3.51. The maximum absolute atomic E-state index is 6.25. The molecule has 8 aromatic carbocycles. The molecule has 1 heterocycles. The summed E-state index contributed by atoms with van der Waals surface area (Å²) in [5, 5.41) is 7.28. The van der Waals surface area contributed by atoms with Crippen LogP contribution in [0.5, 0.6) is 0 Å². The number of benzene rings is 8. The number of rotatable bonds is 5. The maximum atomic E-state index is 6.25. The quantitative estimate of drug-likeness (QED) is 0.199. The second-order valence-electron chi connectivity index (χ2n) is 11.8. The van der Waals surface area contributed by atoms with Crippen molar-refractivity contribution in [1.82, 2.24) is 0 Å². The van der Waals surface area contributed by atoms with E-state index in [1.165, 1.54) is 49.2 Å². The van der Waals surface area contributed by atoms with Gasteiger partial charge in [-0.25, -0.2) is 0 Å². The Morgan fingerprint density at radius 1 is 0.348 bits per heavy atom. The van der Waals surface area contributed by atoms with Gasteiger partial charge in [0.2, 0.25) is 0 Å². The Balaban J connectivity index is 1.10. The lowest BCUT2D eigenvalue weighted by Crippen LogP contribution is -2.09. The van der Waals surface area contributed by atoms with Gasteiger partial charge < -0.3 is 9.32 Å². The van der Waals surface area contributed by atoms with Crippen LogP contribution < -0.4 is 4.90 Å². The van der Waals surface area contributed by atoms with E-state index in [9.17, 15) is 0 Å². The Labute approximate surface area is 267 Å². The van der Waals surface area contributed by atoms with Crippen LogP contribution in [0.4, 0.5) is 17.1 Å². The van der Waals surface area contributed by atoms with Crippen molar-refractivity contribution in [3.8, 4) is 22.3 Å². The fraction of sp³-hybridized carbons (Fsp3) is 0. The van der Waals surface area contributed by atoms with Crippen LogP contribution in [0.1, 0.15) is 0 Å². The van der Waals surface area contributed by atoms with Crippen molar-refractivity contribution in [2.45, 2.75) is 0 Å². The van der Waals surface area contributed by atoms with Crippen LogP contribution in [-0.4, -0.2) is 0 Å². The monoisotopic (exact) mass is 587 g/mol. The minimum Gasteiger partial charge on any atom is -0.456 e. The third kappa shape index (κ3) is 4.43. The Morgan fingerprint density at radius 2 is 0.913 bits per heavy atom. The molecule has 2 nitrogen and oxygen atoms in total. The lowest BCUT2D eigenvalue weighted by atomic mass is 9.98. The second kappa shape index (κ2) is 10.8. The number of hydrogen-bond acceptors (Lipinski definition) is 2. The first-order chi connectivity index (χ1) is 22.8. The first-order valence-corrected chi connectivity index (χ1v) is 15.7. The molecule has 0 amide bonds. The topological polar surface area (TPSA) is 16.4 Å². The van der Waals surface area contributed by atoms with Gasteiger partial charge in [0, 0.05) is 27.8 Å². The minimum atomic E-state index is 0.911. The van der Waals surface area contributed by atoms with E-state index in [4.69, 9.17) is 4.42 Å². The van der Waals surface area contributed by atoms with E-state index in [0.717, 1.165) is 33.6 Å². The SMILES string of the molecule is c1ccc(N(c2ccc(-c3ccc4oc5ccc6ccccc6c5c4c3)cc2)c2ccc(-c3cccc4ccccc34)cc2)cc1. The highest BCUT2D eigenvalue weighted by Gasteiger charge is 2.15. The summed E-state index contributed by atoms with van der Waals surface area (Å²) in [6.45, 7) is 0. The fourth-order valence-electron chi connectivity index (χ4n) is 6.82. The highest BCUT2D eigenvalue weighted by Crippen LogP contribution is 2.39. The lowest BCUT2D eigenvalue weighted by Gasteiger charge is -2.26. The van der Waals surface area contributed by atoms with Crippen LogP contribution in [-0.2, 0) is 0 Å². The zero-order valence-electron chi connectivity index (χ0n) is 25.1. The predicted octanol–water partition coefficient (Wildman–Crippen LogP) is 12.7. The fourth-order valence-corrected chi connectivity index (χ4v) is 6.82. The summed E-state index contributed by atoms with van der Waals surface area (Å²) >= 11 is 0. The number of anilines is 3. The van der Waals surface area contributed by atoms with Crippen LogP contribution in [0.25, 0.3) is 65.7 Å². The number of furan rings is 1. The standard InChI is InChI=1S/C44H29NO/c1-2-12-35(13-3-1)45(37-25-19-33(20-26-37)39-16-8-11-31-9-4-6-14-38(31)39)36-23-17-30(18-24-36)34-22-27-42-41(29-34)44-40-15-7-5-10-32(40)21-28-43(44)46-42/h1-29H. The molecule has 0 aliphatic heterocycles. The van der Waals surface area contributed by atoms with Crippen LogP contribution in [0.2, 0.25) is 0 Å². The molecule has 2 heteroatoms. The van der Waals surface area contributed by atoms with Crippen molar-refractivity contribution < 1.29 is 4.42 Å². The molecule has 0 atom stereocenters. The summed E-state index contributed by atoms with van der Waals surface area (Å²) in [5.74, 6) is 0. The molecule has 0 spiro atoms. The number of para-hydroxylation sites is 1. The molecule has 0 radical (unpaired) electrons. The van der Waals surface area contributed by atoms with Gasteiger partial charge in [0.15, 0.2) is 0 Å². The maximum Gasteiger partial charge on any atom is 0.136 e. The molecule has 9 rings (SSSR count). The van der Waals surface area contributed by atoms with E-state index in [-0.39, 0.29) is 0 Å². The van der Waals surface area contributed by atoms with Crippen LogP contribution in [0.15, 0.2) is 180 Å². The normalized spacial score (nSPS) is 11.5. The molecule has 0 aliphatic rings. The molecular formula is C44H29NO. The summed E-state index contributed by atoms with van der Waals surface area (Å²) in [6, 6.07) is 62.7. The minimum absolute atomic E-state index is 0.911. The summed E-state index contributed by atoms with van der Waals surface area (Å²) < 4.78 is 6.25. The first-order valence-electron chi connectivity index (χ1n) is 15.7. The second-order valence-corrected chi connectivity index (χ2v) is 11.8. The summed E-state index contributed by atoms with van der Waals surface area (Å²) in [4.78, 5) is 2.32. The Kier molecular flexibility index (Phi) is 6.17. The summed E-state index contributed by atoms with van der Waals surface area (Å²) in [7, 11) is 0. The summed E-state index contributed by atoms with van der Waals surface area (Å²) in [6.07, 6.45) is 0. The van der Waals surface area contributed by atoms with Gasteiger partial charge in [-0.05, 0) is 98.4 Å². The molecular weight excluding hydrogens is 558 g/mol. The summed E-state index contributed by atoms with van der Waals surface area (Å²) in [5.41, 5.74) is 9.95. The molecule has 0 saturated carbocycles. The Hall–Kier alpha value is -6.12. The van der Waals surface area contributed by atoms with Crippen molar-refractivity contribution in [3.05, 3.63) is 176 Å². The Bertz CT molecular complexity index is 2500. The van der Waals surface area contributed by atoms with Gasteiger partial charge >= 0.3 is 0 Å². The molecule has 46 heavy (non-hydrogen) atoms. The van der Waals surface area contributed by atoms with E-state index < -0.39 is 0 Å². The molecule has 0 fully saturated rings. The van der Waals surface area contributed by atoms with Gasteiger partial charge in [0.1, 0.15) is 11.2 Å². The number of fused-ring (bicyclic) bond motifs is 6. The first kappa shape index (κ1) is 26.3.